The molecule has 1 atom stereocenters. The highest BCUT2D eigenvalue weighted by atomic mass is 35.5. The average Bonchev–Trinajstić information content (AvgIpc) is 3.19. The first-order valence-electron chi connectivity index (χ1n) is 10.4. The van der Waals surface area contributed by atoms with E-state index in [4.69, 9.17) is 33.0 Å². The van der Waals surface area contributed by atoms with Crippen LogP contribution in [0.3, 0.4) is 0 Å². The fourth-order valence-corrected chi connectivity index (χ4v) is 5.15. The first-order chi connectivity index (χ1) is 14.1. The van der Waals surface area contributed by atoms with Gasteiger partial charge >= 0.3 is 0 Å². The number of nitrogens with zero attached hydrogens (tertiary/aromatic N) is 3. The second-order valence-electron chi connectivity index (χ2n) is 8.17. The number of para-hydroxylation sites is 1. The Morgan fingerprint density at radius 2 is 1.90 bits per heavy atom. The number of hydrogen-bond donors (Lipinski definition) is 0. The van der Waals surface area contributed by atoms with Gasteiger partial charge in [-0.25, -0.2) is 5.01 Å². The summed E-state index contributed by atoms with van der Waals surface area (Å²) in [4.78, 5) is 2.53. The van der Waals surface area contributed by atoms with Crippen molar-refractivity contribution in [2.45, 2.75) is 44.4 Å². The van der Waals surface area contributed by atoms with Crippen LogP contribution in [0.15, 0.2) is 47.6 Å². The molecule has 0 unspecified atom stereocenters. The standard InChI is InChI=1S/C23H25Cl2N3O/c1-2-11-27-12-9-23(10-13-27)28-21(17-5-3-4-6-22(17)29-23)15-20(26-28)16-7-8-18(24)19(25)14-16/h3-8,14,21H,2,9-13,15H2,1H3/t21-/m0/s1. The zero-order valence-electron chi connectivity index (χ0n) is 16.6. The lowest BCUT2D eigenvalue weighted by molar-refractivity contribution is -0.149. The van der Waals surface area contributed by atoms with Crippen LogP contribution < -0.4 is 4.74 Å². The van der Waals surface area contributed by atoms with Crippen molar-refractivity contribution in [3.05, 3.63) is 63.6 Å². The number of fused-ring (bicyclic) bond motifs is 4. The molecule has 0 amide bonds. The summed E-state index contributed by atoms with van der Waals surface area (Å²) in [5, 5.41) is 8.48. The van der Waals surface area contributed by atoms with Crippen LogP contribution in [-0.4, -0.2) is 41.0 Å². The highest BCUT2D eigenvalue weighted by Gasteiger charge is 2.51. The lowest BCUT2D eigenvalue weighted by Gasteiger charge is -2.51. The Hall–Kier alpha value is -1.75. The number of halogens is 2. The summed E-state index contributed by atoms with van der Waals surface area (Å²) in [5.74, 6) is 1.00. The minimum atomic E-state index is -0.374. The van der Waals surface area contributed by atoms with E-state index >= 15 is 0 Å². The van der Waals surface area contributed by atoms with E-state index in [-0.39, 0.29) is 11.8 Å². The molecule has 152 valence electrons. The molecular formula is C23H25Cl2N3O. The Kier molecular flexibility index (Phi) is 4.97. The predicted octanol–water partition coefficient (Wildman–Crippen LogP) is 5.74. The Labute approximate surface area is 182 Å². The molecule has 5 rings (SSSR count). The van der Waals surface area contributed by atoms with Gasteiger partial charge in [0.25, 0.3) is 0 Å². The number of rotatable bonds is 3. The fourth-order valence-electron chi connectivity index (χ4n) is 4.85. The van der Waals surface area contributed by atoms with Gasteiger partial charge in [0.05, 0.1) is 21.8 Å². The molecule has 6 heteroatoms. The van der Waals surface area contributed by atoms with Crippen molar-refractivity contribution < 1.29 is 4.74 Å². The third kappa shape index (κ3) is 3.31. The van der Waals surface area contributed by atoms with Crippen LogP contribution in [0.25, 0.3) is 0 Å². The van der Waals surface area contributed by atoms with Gasteiger partial charge in [-0.2, -0.15) is 5.10 Å². The summed E-state index contributed by atoms with van der Waals surface area (Å²) in [5.41, 5.74) is 2.92. The van der Waals surface area contributed by atoms with E-state index in [0.29, 0.717) is 10.0 Å². The van der Waals surface area contributed by atoms with Crippen LogP contribution in [0.5, 0.6) is 5.75 Å². The van der Waals surface area contributed by atoms with E-state index in [9.17, 15) is 0 Å². The number of piperidine rings is 1. The molecule has 2 aromatic carbocycles. The quantitative estimate of drug-likeness (QED) is 0.622. The summed E-state index contributed by atoms with van der Waals surface area (Å²) >= 11 is 12.4. The third-order valence-corrected chi connectivity index (χ3v) is 7.07. The number of hydrogen-bond acceptors (Lipinski definition) is 4. The second-order valence-corrected chi connectivity index (χ2v) is 8.98. The Bertz CT molecular complexity index is 953. The predicted molar refractivity (Wildman–Crippen MR) is 118 cm³/mol. The molecule has 0 bridgehead atoms. The minimum absolute atomic E-state index is 0.196. The van der Waals surface area contributed by atoms with Gasteiger partial charge in [-0.1, -0.05) is 54.4 Å². The summed E-state index contributed by atoms with van der Waals surface area (Å²) < 4.78 is 6.67. The Morgan fingerprint density at radius 3 is 2.66 bits per heavy atom. The van der Waals surface area contributed by atoms with Crippen molar-refractivity contribution in [1.29, 1.82) is 0 Å². The monoisotopic (exact) mass is 429 g/mol. The van der Waals surface area contributed by atoms with Gasteiger partial charge in [-0.3, -0.25) is 0 Å². The first-order valence-corrected chi connectivity index (χ1v) is 11.2. The van der Waals surface area contributed by atoms with Crippen LogP contribution in [0.2, 0.25) is 10.0 Å². The van der Waals surface area contributed by atoms with E-state index in [1.54, 1.807) is 0 Å². The van der Waals surface area contributed by atoms with Crippen molar-refractivity contribution in [3.63, 3.8) is 0 Å². The smallest absolute Gasteiger partial charge is 0.200 e. The molecule has 1 saturated heterocycles. The molecule has 2 aromatic rings. The molecular weight excluding hydrogens is 405 g/mol. The van der Waals surface area contributed by atoms with E-state index in [2.05, 4.69) is 41.1 Å². The van der Waals surface area contributed by atoms with Crippen molar-refractivity contribution in [2.75, 3.05) is 19.6 Å². The van der Waals surface area contributed by atoms with Gasteiger partial charge in [-0.15, -0.1) is 0 Å². The molecule has 0 N–H and O–H groups in total. The van der Waals surface area contributed by atoms with Crippen molar-refractivity contribution in [3.8, 4) is 5.75 Å². The topological polar surface area (TPSA) is 28.1 Å². The maximum absolute atomic E-state index is 6.67. The molecule has 0 radical (unpaired) electrons. The molecule has 0 saturated carbocycles. The SMILES string of the molecule is CCCN1CCC2(CC1)Oc1ccccc1[C@@H]1CC(c3ccc(Cl)c(Cl)c3)=NN12. The molecule has 0 aliphatic carbocycles. The molecule has 0 aromatic heterocycles. The van der Waals surface area contributed by atoms with Gasteiger partial charge in [0.1, 0.15) is 5.75 Å². The average molecular weight is 430 g/mol. The van der Waals surface area contributed by atoms with Crippen molar-refractivity contribution >= 4 is 28.9 Å². The first kappa shape index (κ1) is 19.2. The summed E-state index contributed by atoms with van der Waals surface area (Å²) in [6, 6.07) is 14.4. The fraction of sp³-hybridized carbons (Fsp3) is 0.435. The van der Waals surface area contributed by atoms with Crippen LogP contribution in [0, 0.1) is 0 Å². The Morgan fingerprint density at radius 1 is 1.10 bits per heavy atom. The Balaban J connectivity index is 1.52. The lowest BCUT2D eigenvalue weighted by Crippen LogP contribution is -2.59. The van der Waals surface area contributed by atoms with Crippen LogP contribution >= 0.6 is 23.2 Å². The van der Waals surface area contributed by atoms with E-state index in [1.165, 1.54) is 12.0 Å². The van der Waals surface area contributed by atoms with Crippen molar-refractivity contribution in [1.82, 2.24) is 9.91 Å². The van der Waals surface area contributed by atoms with Crippen LogP contribution in [0.1, 0.15) is 49.8 Å². The largest absolute Gasteiger partial charge is 0.466 e. The molecule has 3 aliphatic rings. The summed E-state index contributed by atoms with van der Waals surface area (Å²) in [6.07, 6.45) is 3.94. The van der Waals surface area contributed by atoms with Gasteiger partial charge in [0.15, 0.2) is 0 Å². The highest BCUT2D eigenvalue weighted by Crippen LogP contribution is 2.50. The molecule has 1 spiro atoms. The van der Waals surface area contributed by atoms with Crippen LogP contribution in [0.4, 0.5) is 0 Å². The molecule has 29 heavy (non-hydrogen) atoms. The molecule has 4 nitrogen and oxygen atoms in total. The van der Waals surface area contributed by atoms with E-state index in [0.717, 1.165) is 55.9 Å². The van der Waals surface area contributed by atoms with Gasteiger partial charge in [0.2, 0.25) is 5.72 Å². The highest BCUT2D eigenvalue weighted by molar-refractivity contribution is 6.42. The maximum atomic E-state index is 6.67. The summed E-state index contributed by atoms with van der Waals surface area (Å²) in [6.45, 7) is 5.46. The van der Waals surface area contributed by atoms with Crippen molar-refractivity contribution in [2.24, 2.45) is 5.10 Å². The molecule has 3 heterocycles. The van der Waals surface area contributed by atoms with Gasteiger partial charge in [0, 0.05) is 37.9 Å². The normalized spacial score (nSPS) is 22.8. The number of hydrazone groups is 1. The van der Waals surface area contributed by atoms with E-state index < -0.39 is 0 Å². The number of ether oxygens (including phenoxy) is 1. The maximum Gasteiger partial charge on any atom is 0.200 e. The zero-order valence-corrected chi connectivity index (χ0v) is 18.1. The molecule has 3 aliphatic heterocycles. The van der Waals surface area contributed by atoms with Gasteiger partial charge < -0.3 is 9.64 Å². The second kappa shape index (κ2) is 7.50. The van der Waals surface area contributed by atoms with E-state index in [1.807, 2.05) is 18.2 Å². The van der Waals surface area contributed by atoms with Crippen LogP contribution in [-0.2, 0) is 0 Å². The third-order valence-electron chi connectivity index (χ3n) is 6.34. The minimum Gasteiger partial charge on any atom is -0.466 e. The number of benzene rings is 2. The number of likely N-dealkylation sites (tertiary alicyclic amines) is 1. The zero-order chi connectivity index (χ0) is 20.0. The lowest BCUT2D eigenvalue weighted by atomic mass is 9.90. The summed E-state index contributed by atoms with van der Waals surface area (Å²) in [7, 11) is 0. The molecule has 1 fully saturated rings. The van der Waals surface area contributed by atoms with Gasteiger partial charge in [-0.05, 0) is 36.7 Å².